The number of aromatic amines is 1. The van der Waals surface area contributed by atoms with Crippen LogP contribution in [0.1, 0.15) is 11.1 Å². The number of carbonyl (C=O) groups excluding carboxylic acids is 1. The summed E-state index contributed by atoms with van der Waals surface area (Å²) in [6.07, 6.45) is 4.27. The molecular formula is C23H27N5O2. The molecule has 1 aliphatic rings. The van der Waals surface area contributed by atoms with E-state index in [1.807, 2.05) is 50.6 Å². The van der Waals surface area contributed by atoms with Crippen LogP contribution in [0.3, 0.4) is 0 Å². The SMILES string of the molecule is CN(C)CCOc1cc(-c2cn[nH]c2)ccc1NC(=O)[C@@H]1Cc2ccccc2CN1. The Morgan fingerprint density at radius 1 is 1.20 bits per heavy atom. The van der Waals surface area contributed by atoms with Crippen LogP contribution in [0.15, 0.2) is 54.9 Å². The highest BCUT2D eigenvalue weighted by Crippen LogP contribution is 2.31. The minimum absolute atomic E-state index is 0.0574. The van der Waals surface area contributed by atoms with Gasteiger partial charge in [-0.2, -0.15) is 5.10 Å². The third kappa shape index (κ3) is 4.69. The second-order valence-corrected chi connectivity index (χ2v) is 7.75. The van der Waals surface area contributed by atoms with Crippen LogP contribution in [0.2, 0.25) is 0 Å². The molecule has 0 radical (unpaired) electrons. The van der Waals surface area contributed by atoms with Gasteiger partial charge in [-0.25, -0.2) is 0 Å². The first-order valence-corrected chi connectivity index (χ1v) is 10.1. The molecule has 1 atom stereocenters. The van der Waals surface area contributed by atoms with Crippen LogP contribution in [0, 0.1) is 0 Å². The van der Waals surface area contributed by atoms with E-state index in [9.17, 15) is 4.79 Å². The lowest BCUT2D eigenvalue weighted by Crippen LogP contribution is -2.44. The van der Waals surface area contributed by atoms with Gasteiger partial charge in [-0.05, 0) is 49.3 Å². The number of nitrogens with one attached hydrogen (secondary N) is 3. The number of likely N-dealkylation sites (N-methyl/N-ethyl adjacent to an activating group) is 1. The van der Waals surface area contributed by atoms with E-state index in [2.05, 4.69) is 37.9 Å². The molecule has 0 spiro atoms. The normalized spacial score (nSPS) is 15.6. The number of hydrogen-bond acceptors (Lipinski definition) is 5. The zero-order valence-electron chi connectivity index (χ0n) is 17.3. The van der Waals surface area contributed by atoms with Gasteiger partial charge in [-0.15, -0.1) is 0 Å². The zero-order valence-corrected chi connectivity index (χ0v) is 17.3. The van der Waals surface area contributed by atoms with Crippen molar-refractivity contribution in [3.8, 4) is 16.9 Å². The van der Waals surface area contributed by atoms with Gasteiger partial charge in [0.2, 0.25) is 5.91 Å². The number of ether oxygens (including phenoxy) is 1. The molecule has 156 valence electrons. The number of rotatable bonds is 7. The van der Waals surface area contributed by atoms with Gasteiger partial charge in [0.05, 0.1) is 17.9 Å². The number of hydrogen-bond donors (Lipinski definition) is 3. The summed E-state index contributed by atoms with van der Waals surface area (Å²) < 4.78 is 6.02. The number of carbonyl (C=O) groups is 1. The Bertz CT molecular complexity index is 1000. The van der Waals surface area contributed by atoms with Gasteiger partial charge in [-0.1, -0.05) is 30.3 Å². The largest absolute Gasteiger partial charge is 0.490 e. The summed E-state index contributed by atoms with van der Waals surface area (Å²) >= 11 is 0. The summed E-state index contributed by atoms with van der Waals surface area (Å²) in [5.41, 5.74) is 5.08. The van der Waals surface area contributed by atoms with Gasteiger partial charge in [0.25, 0.3) is 0 Å². The van der Waals surface area contributed by atoms with Crippen LogP contribution in [0.25, 0.3) is 11.1 Å². The summed E-state index contributed by atoms with van der Waals surface area (Å²) in [6.45, 7) is 2.00. The first-order chi connectivity index (χ1) is 14.6. The zero-order chi connectivity index (χ0) is 20.9. The topological polar surface area (TPSA) is 82.3 Å². The van der Waals surface area contributed by atoms with Crippen molar-refractivity contribution in [1.82, 2.24) is 20.4 Å². The van der Waals surface area contributed by atoms with E-state index in [0.717, 1.165) is 17.7 Å². The Labute approximate surface area is 176 Å². The molecule has 30 heavy (non-hydrogen) atoms. The molecule has 4 rings (SSSR count). The van der Waals surface area contributed by atoms with E-state index < -0.39 is 0 Å². The van der Waals surface area contributed by atoms with Crippen LogP contribution >= 0.6 is 0 Å². The molecular weight excluding hydrogens is 378 g/mol. The number of nitrogens with zero attached hydrogens (tertiary/aromatic N) is 2. The van der Waals surface area contributed by atoms with Gasteiger partial charge in [0.1, 0.15) is 12.4 Å². The first-order valence-electron chi connectivity index (χ1n) is 10.1. The van der Waals surface area contributed by atoms with Crippen molar-refractivity contribution in [2.45, 2.75) is 19.0 Å². The lowest BCUT2D eigenvalue weighted by atomic mass is 9.95. The number of anilines is 1. The van der Waals surface area contributed by atoms with Crippen LogP contribution in [0.5, 0.6) is 5.75 Å². The lowest BCUT2D eigenvalue weighted by molar-refractivity contribution is -0.118. The monoisotopic (exact) mass is 405 g/mol. The number of amides is 1. The molecule has 1 aliphatic heterocycles. The molecule has 3 aromatic rings. The van der Waals surface area contributed by atoms with E-state index in [4.69, 9.17) is 4.74 Å². The molecule has 0 saturated carbocycles. The predicted octanol–water partition coefficient (Wildman–Crippen LogP) is 2.67. The summed E-state index contributed by atoms with van der Waals surface area (Å²) in [7, 11) is 4.00. The molecule has 0 saturated heterocycles. The Morgan fingerprint density at radius 3 is 2.80 bits per heavy atom. The second-order valence-electron chi connectivity index (χ2n) is 7.75. The number of aromatic nitrogens is 2. The van der Waals surface area contributed by atoms with Crippen molar-refractivity contribution in [2.24, 2.45) is 0 Å². The molecule has 0 fully saturated rings. The average molecular weight is 406 g/mol. The van der Waals surface area contributed by atoms with Crippen LogP contribution in [0.4, 0.5) is 5.69 Å². The second kappa shape index (κ2) is 9.11. The Morgan fingerprint density at radius 2 is 2.03 bits per heavy atom. The molecule has 7 nitrogen and oxygen atoms in total. The van der Waals surface area contributed by atoms with Gasteiger partial charge in [-0.3, -0.25) is 9.89 Å². The van der Waals surface area contributed by atoms with Crippen molar-refractivity contribution in [1.29, 1.82) is 0 Å². The Kier molecular flexibility index (Phi) is 6.11. The van der Waals surface area contributed by atoms with Crippen molar-refractivity contribution in [3.63, 3.8) is 0 Å². The molecule has 7 heteroatoms. The maximum absolute atomic E-state index is 13.0. The summed E-state index contributed by atoms with van der Waals surface area (Å²) in [5.74, 6) is 0.595. The van der Waals surface area contributed by atoms with Crippen molar-refractivity contribution < 1.29 is 9.53 Å². The van der Waals surface area contributed by atoms with Gasteiger partial charge < -0.3 is 20.3 Å². The average Bonchev–Trinajstić information content (AvgIpc) is 3.29. The fraction of sp³-hybridized carbons (Fsp3) is 0.304. The van der Waals surface area contributed by atoms with E-state index >= 15 is 0 Å². The quantitative estimate of drug-likeness (QED) is 0.563. The number of H-pyrrole nitrogens is 1. The molecule has 0 aliphatic carbocycles. The highest BCUT2D eigenvalue weighted by Gasteiger charge is 2.24. The molecule has 3 N–H and O–H groups in total. The highest BCUT2D eigenvalue weighted by molar-refractivity contribution is 5.96. The fourth-order valence-electron chi connectivity index (χ4n) is 3.53. The van der Waals surface area contributed by atoms with Gasteiger partial charge in [0.15, 0.2) is 0 Å². The molecule has 2 heterocycles. The predicted molar refractivity (Wildman–Crippen MR) is 117 cm³/mol. The molecule has 2 aromatic carbocycles. The van der Waals surface area contributed by atoms with Crippen LogP contribution < -0.4 is 15.4 Å². The fourth-order valence-corrected chi connectivity index (χ4v) is 3.53. The van der Waals surface area contributed by atoms with Gasteiger partial charge >= 0.3 is 0 Å². The standard InChI is InChI=1S/C23H27N5O2/c1-28(2)9-10-30-22-12-17(19-14-25-26-15-19)7-8-20(22)27-23(29)21-11-16-5-3-4-6-18(16)13-24-21/h3-8,12,14-15,21,24H,9-11,13H2,1-2H3,(H,25,26)(H,27,29)/t21-/m0/s1. The minimum Gasteiger partial charge on any atom is -0.490 e. The maximum atomic E-state index is 13.0. The van der Waals surface area contributed by atoms with E-state index in [0.29, 0.717) is 31.0 Å². The molecule has 0 bridgehead atoms. The third-order valence-corrected chi connectivity index (χ3v) is 5.26. The maximum Gasteiger partial charge on any atom is 0.241 e. The summed E-state index contributed by atoms with van der Waals surface area (Å²) in [6, 6.07) is 13.8. The summed E-state index contributed by atoms with van der Waals surface area (Å²) in [5, 5.41) is 13.2. The molecule has 0 unspecified atom stereocenters. The van der Waals surface area contributed by atoms with E-state index in [1.54, 1.807) is 6.20 Å². The minimum atomic E-state index is -0.275. The van der Waals surface area contributed by atoms with E-state index in [1.165, 1.54) is 11.1 Å². The van der Waals surface area contributed by atoms with Gasteiger partial charge in [0, 0.05) is 24.8 Å². The smallest absolute Gasteiger partial charge is 0.241 e. The Balaban J connectivity index is 1.51. The molecule has 1 amide bonds. The highest BCUT2D eigenvalue weighted by atomic mass is 16.5. The number of benzene rings is 2. The lowest BCUT2D eigenvalue weighted by Gasteiger charge is -2.25. The first kappa shape index (κ1) is 20.1. The molecule has 1 aromatic heterocycles. The van der Waals surface area contributed by atoms with Crippen LogP contribution in [-0.2, 0) is 17.8 Å². The van der Waals surface area contributed by atoms with Crippen molar-refractivity contribution >= 4 is 11.6 Å². The number of fused-ring (bicyclic) bond motifs is 1. The summed E-state index contributed by atoms with van der Waals surface area (Å²) in [4.78, 5) is 15.0. The van der Waals surface area contributed by atoms with Crippen LogP contribution in [-0.4, -0.2) is 54.3 Å². The Hall–Kier alpha value is -3.16. The third-order valence-electron chi connectivity index (χ3n) is 5.26. The van der Waals surface area contributed by atoms with E-state index in [-0.39, 0.29) is 11.9 Å². The van der Waals surface area contributed by atoms with Crippen molar-refractivity contribution in [3.05, 3.63) is 66.0 Å². The van der Waals surface area contributed by atoms with Crippen molar-refractivity contribution in [2.75, 3.05) is 32.6 Å².